The number of nitrogens with zero attached hydrogens (tertiary/aromatic N) is 4. The van der Waals surface area contributed by atoms with Crippen LogP contribution in [0.25, 0.3) is 0 Å². The Labute approximate surface area is 243 Å². The fourth-order valence-corrected chi connectivity index (χ4v) is 5.46. The summed E-state index contributed by atoms with van der Waals surface area (Å²) in [6, 6.07) is 11.4. The molecule has 0 aliphatic heterocycles. The average Bonchev–Trinajstić information content (AvgIpc) is 3.43. The number of carbonyl (C=O) groups is 2. The summed E-state index contributed by atoms with van der Waals surface area (Å²) >= 11 is 6.58. The van der Waals surface area contributed by atoms with E-state index in [1.54, 1.807) is 37.3 Å². The highest BCUT2D eigenvalue weighted by Crippen LogP contribution is 2.35. The molecule has 2 heterocycles. The van der Waals surface area contributed by atoms with Crippen LogP contribution in [0.15, 0.2) is 53.4 Å². The zero-order valence-corrected chi connectivity index (χ0v) is 24.3. The minimum atomic E-state index is -4.73. The lowest BCUT2D eigenvalue weighted by molar-refractivity contribution is -0.141. The molecule has 0 aliphatic carbocycles. The number of ether oxygens (including phenoxy) is 2. The third-order valence-corrected chi connectivity index (χ3v) is 7.78. The predicted octanol–water partition coefficient (Wildman–Crippen LogP) is 4.61. The van der Waals surface area contributed by atoms with Crippen LogP contribution in [-0.2, 0) is 36.7 Å². The van der Waals surface area contributed by atoms with Crippen LogP contribution in [-0.4, -0.2) is 52.4 Å². The number of aryl methyl sites for hydroxylation is 3. The van der Waals surface area contributed by atoms with E-state index in [0.29, 0.717) is 11.6 Å². The summed E-state index contributed by atoms with van der Waals surface area (Å²) in [6.07, 6.45) is -3.81. The Balaban J connectivity index is 1.69. The van der Waals surface area contributed by atoms with E-state index in [0.717, 1.165) is 17.0 Å². The van der Waals surface area contributed by atoms with Crippen LogP contribution < -0.4 is 9.47 Å². The van der Waals surface area contributed by atoms with Gasteiger partial charge in [0.15, 0.2) is 27.9 Å². The summed E-state index contributed by atoms with van der Waals surface area (Å²) in [5, 5.41) is 7.28. The first kappa shape index (κ1) is 30.8. The van der Waals surface area contributed by atoms with Gasteiger partial charge in [-0.2, -0.15) is 23.4 Å². The third kappa shape index (κ3) is 6.34. The molecule has 0 saturated heterocycles. The largest absolute Gasteiger partial charge is 0.473 e. The predicted molar refractivity (Wildman–Crippen MR) is 145 cm³/mol. The van der Waals surface area contributed by atoms with Crippen LogP contribution in [0.4, 0.5) is 13.2 Å². The van der Waals surface area contributed by atoms with E-state index < -0.39 is 40.7 Å². The SMILES string of the molecule is Cc1nn(C)c(OCC(=O)c2ccccc2)c1C(=O)c1ccc(S(C)(=O)=O)c(COc2cc(C(F)(F)F)nn2C)c1Cl. The topological polar surface area (TPSA) is 122 Å². The van der Waals surface area contributed by atoms with E-state index in [9.17, 15) is 31.2 Å². The molecule has 4 aromatic rings. The van der Waals surface area contributed by atoms with Crippen LogP contribution in [0.1, 0.15) is 43.2 Å². The van der Waals surface area contributed by atoms with Crippen molar-refractivity contribution < 1.29 is 40.7 Å². The second-order valence-electron chi connectivity index (χ2n) is 9.25. The molecule has 222 valence electrons. The number of Topliss-reactive ketones (excluding diaryl/α,β-unsaturated/α-hetero) is 1. The van der Waals surface area contributed by atoms with Crippen LogP contribution in [0, 0.1) is 6.92 Å². The Morgan fingerprint density at radius 2 is 1.67 bits per heavy atom. The Morgan fingerprint density at radius 3 is 2.26 bits per heavy atom. The molecule has 0 amide bonds. The number of hydrogen-bond acceptors (Lipinski definition) is 8. The molecule has 0 N–H and O–H groups in total. The Bertz CT molecular complexity index is 1780. The van der Waals surface area contributed by atoms with E-state index in [1.807, 2.05) is 0 Å². The smallest absolute Gasteiger partial charge is 0.435 e. The number of benzene rings is 2. The van der Waals surface area contributed by atoms with Gasteiger partial charge in [0, 0.05) is 43.1 Å². The van der Waals surface area contributed by atoms with Gasteiger partial charge in [-0.25, -0.2) is 17.8 Å². The van der Waals surface area contributed by atoms with E-state index in [2.05, 4.69) is 10.2 Å². The van der Waals surface area contributed by atoms with E-state index in [-0.39, 0.29) is 49.8 Å². The molecule has 0 radical (unpaired) electrons. The molecule has 0 fully saturated rings. The first-order valence-electron chi connectivity index (χ1n) is 12.1. The van der Waals surface area contributed by atoms with Gasteiger partial charge >= 0.3 is 6.18 Å². The van der Waals surface area contributed by atoms with Crippen molar-refractivity contribution in [3.05, 3.63) is 87.2 Å². The molecular weight excluding hydrogens is 601 g/mol. The maximum absolute atomic E-state index is 13.8. The molecule has 2 aromatic carbocycles. The Kier molecular flexibility index (Phi) is 8.51. The van der Waals surface area contributed by atoms with Gasteiger partial charge in [-0.15, -0.1) is 0 Å². The minimum absolute atomic E-state index is 0.0133. The van der Waals surface area contributed by atoms with Crippen molar-refractivity contribution in [1.29, 1.82) is 0 Å². The molecule has 0 unspecified atom stereocenters. The number of halogens is 4. The van der Waals surface area contributed by atoms with Crippen LogP contribution in [0.5, 0.6) is 11.8 Å². The van der Waals surface area contributed by atoms with Crippen molar-refractivity contribution in [3.63, 3.8) is 0 Å². The maximum Gasteiger partial charge on any atom is 0.435 e. The maximum atomic E-state index is 13.8. The monoisotopic (exact) mass is 624 g/mol. The summed E-state index contributed by atoms with van der Waals surface area (Å²) in [4.78, 5) is 26.1. The Hall–Kier alpha value is -4.17. The molecule has 0 saturated carbocycles. The number of carbonyl (C=O) groups excluding carboxylic acids is 2. The highest BCUT2D eigenvalue weighted by atomic mass is 35.5. The third-order valence-electron chi connectivity index (χ3n) is 6.17. The number of rotatable bonds is 10. The summed E-state index contributed by atoms with van der Waals surface area (Å²) < 4.78 is 77.6. The molecule has 4 rings (SSSR count). The van der Waals surface area contributed by atoms with E-state index in [4.69, 9.17) is 21.1 Å². The molecule has 10 nitrogen and oxygen atoms in total. The number of aromatic nitrogens is 4. The molecular formula is C27H24ClF3N4O6S. The molecule has 0 bridgehead atoms. The molecule has 42 heavy (non-hydrogen) atoms. The van der Waals surface area contributed by atoms with Crippen LogP contribution in [0.2, 0.25) is 5.02 Å². The van der Waals surface area contributed by atoms with Crippen molar-refractivity contribution in [2.75, 3.05) is 12.9 Å². The lowest BCUT2D eigenvalue weighted by Crippen LogP contribution is -2.16. The molecule has 0 spiro atoms. The number of sulfone groups is 1. The second kappa shape index (κ2) is 11.6. The van der Waals surface area contributed by atoms with Gasteiger partial charge in [-0.1, -0.05) is 41.9 Å². The normalized spacial score (nSPS) is 11.9. The van der Waals surface area contributed by atoms with Gasteiger partial charge in [-0.05, 0) is 19.1 Å². The fourth-order valence-electron chi connectivity index (χ4n) is 4.17. The minimum Gasteiger partial charge on any atom is -0.473 e. The van der Waals surface area contributed by atoms with Gasteiger partial charge in [-0.3, -0.25) is 9.59 Å². The van der Waals surface area contributed by atoms with Gasteiger partial charge < -0.3 is 9.47 Å². The van der Waals surface area contributed by atoms with Gasteiger partial charge in [0.05, 0.1) is 15.6 Å². The van der Waals surface area contributed by atoms with Crippen molar-refractivity contribution in [2.45, 2.75) is 24.6 Å². The second-order valence-corrected chi connectivity index (χ2v) is 11.6. The van der Waals surface area contributed by atoms with Crippen molar-refractivity contribution in [2.24, 2.45) is 14.1 Å². The quantitative estimate of drug-likeness (QED) is 0.235. The number of hydrogen-bond donors (Lipinski definition) is 0. The summed E-state index contributed by atoms with van der Waals surface area (Å²) in [5.41, 5.74) is -0.851. The molecule has 0 aliphatic rings. The van der Waals surface area contributed by atoms with Crippen molar-refractivity contribution in [3.8, 4) is 11.8 Å². The Morgan fingerprint density at radius 1 is 1.00 bits per heavy atom. The van der Waals surface area contributed by atoms with Gasteiger partial charge in [0.2, 0.25) is 17.5 Å². The van der Waals surface area contributed by atoms with Crippen LogP contribution >= 0.6 is 11.6 Å². The van der Waals surface area contributed by atoms with E-state index in [1.165, 1.54) is 24.8 Å². The first-order chi connectivity index (χ1) is 19.6. The summed E-state index contributed by atoms with van der Waals surface area (Å²) in [7, 11) is -1.17. The summed E-state index contributed by atoms with van der Waals surface area (Å²) in [5.74, 6) is -1.35. The number of alkyl halides is 3. The average molecular weight is 625 g/mol. The highest BCUT2D eigenvalue weighted by Gasteiger charge is 2.35. The summed E-state index contributed by atoms with van der Waals surface area (Å²) in [6.45, 7) is 0.552. The molecule has 15 heteroatoms. The fraction of sp³-hybridized carbons (Fsp3) is 0.259. The first-order valence-corrected chi connectivity index (χ1v) is 14.4. The van der Waals surface area contributed by atoms with Crippen LogP contribution in [0.3, 0.4) is 0 Å². The molecule has 0 atom stereocenters. The lowest BCUT2D eigenvalue weighted by Gasteiger charge is -2.15. The lowest BCUT2D eigenvalue weighted by atomic mass is 10.0. The van der Waals surface area contributed by atoms with Crippen molar-refractivity contribution >= 4 is 33.0 Å². The van der Waals surface area contributed by atoms with E-state index >= 15 is 0 Å². The van der Waals surface area contributed by atoms with Gasteiger partial charge in [0.25, 0.3) is 0 Å². The van der Waals surface area contributed by atoms with Crippen molar-refractivity contribution in [1.82, 2.24) is 19.6 Å². The zero-order chi connectivity index (χ0) is 31.0. The zero-order valence-electron chi connectivity index (χ0n) is 22.7. The molecule has 2 aromatic heterocycles. The standard InChI is InChI=1S/C27H24ClF3N4O6S/c1-15-23(26(35(3)32-15)41-14-19(36)16-8-6-5-7-9-16)25(37)17-10-11-20(42(4,38)39)18(24(17)28)13-40-22-12-21(27(29,30)31)33-34(22)2/h5-12H,13-14H2,1-4H3. The van der Waals surface area contributed by atoms with Gasteiger partial charge in [0.1, 0.15) is 12.2 Å². The highest BCUT2D eigenvalue weighted by molar-refractivity contribution is 7.90. The number of ketones is 2.